The second kappa shape index (κ2) is 10.3. The first-order valence-corrected chi connectivity index (χ1v) is 8.65. The Hall–Kier alpha value is -2.56. The summed E-state index contributed by atoms with van der Waals surface area (Å²) in [7, 11) is 1.64. The van der Waals surface area contributed by atoms with Gasteiger partial charge in [0.25, 0.3) is 0 Å². The van der Waals surface area contributed by atoms with Gasteiger partial charge in [-0.1, -0.05) is 24.3 Å². The fourth-order valence-corrected chi connectivity index (χ4v) is 2.63. The normalized spacial score (nSPS) is 11.7. The standard InChI is InChI=1S/C20H20F3N5.HI/c1-24-19(25-13-15-6-8-17(9-7-15)20(21,22)23)26-14-16-4-2-5-18(12-16)28-11-3-10-27-28;/h2-12H,13-14H2,1H3,(H2,24,25,26);1H. The van der Waals surface area contributed by atoms with E-state index in [-0.39, 0.29) is 24.0 Å². The Morgan fingerprint density at radius 3 is 2.28 bits per heavy atom. The molecule has 1 heterocycles. The average molecular weight is 515 g/mol. The molecule has 0 amide bonds. The van der Waals surface area contributed by atoms with Crippen LogP contribution in [0.4, 0.5) is 13.2 Å². The number of alkyl halides is 3. The maximum absolute atomic E-state index is 12.6. The van der Waals surface area contributed by atoms with Crippen LogP contribution in [0.3, 0.4) is 0 Å². The largest absolute Gasteiger partial charge is 0.416 e. The molecule has 0 unspecified atom stereocenters. The van der Waals surface area contributed by atoms with Crippen LogP contribution in [0, 0.1) is 0 Å². The number of rotatable bonds is 5. The molecule has 3 rings (SSSR count). The minimum atomic E-state index is -4.33. The number of halogens is 4. The molecule has 154 valence electrons. The first-order valence-electron chi connectivity index (χ1n) is 8.65. The highest BCUT2D eigenvalue weighted by molar-refractivity contribution is 14.0. The second-order valence-electron chi connectivity index (χ2n) is 6.09. The zero-order valence-corrected chi connectivity index (χ0v) is 18.0. The summed E-state index contributed by atoms with van der Waals surface area (Å²) in [5.41, 5.74) is 2.08. The molecule has 0 aliphatic heterocycles. The highest BCUT2D eigenvalue weighted by atomic mass is 127. The van der Waals surface area contributed by atoms with Gasteiger partial charge >= 0.3 is 6.18 Å². The number of guanidine groups is 1. The Balaban J connectivity index is 0.00000300. The zero-order valence-electron chi connectivity index (χ0n) is 15.6. The molecule has 0 fully saturated rings. The maximum Gasteiger partial charge on any atom is 0.416 e. The van der Waals surface area contributed by atoms with E-state index in [9.17, 15) is 13.2 Å². The van der Waals surface area contributed by atoms with Gasteiger partial charge in [-0.3, -0.25) is 4.99 Å². The van der Waals surface area contributed by atoms with Gasteiger partial charge < -0.3 is 10.6 Å². The molecule has 9 heteroatoms. The number of nitrogens with zero attached hydrogens (tertiary/aromatic N) is 3. The van der Waals surface area contributed by atoms with Crippen LogP contribution in [-0.4, -0.2) is 22.8 Å². The third-order valence-corrected chi connectivity index (χ3v) is 4.10. The predicted molar refractivity (Wildman–Crippen MR) is 117 cm³/mol. The van der Waals surface area contributed by atoms with Crippen molar-refractivity contribution in [3.63, 3.8) is 0 Å². The number of hydrogen-bond donors (Lipinski definition) is 2. The Morgan fingerprint density at radius 1 is 1.00 bits per heavy atom. The van der Waals surface area contributed by atoms with Gasteiger partial charge in [0.2, 0.25) is 0 Å². The summed E-state index contributed by atoms with van der Waals surface area (Å²) < 4.78 is 39.6. The van der Waals surface area contributed by atoms with Gasteiger partial charge in [-0.25, -0.2) is 4.68 Å². The van der Waals surface area contributed by atoms with Crippen molar-refractivity contribution in [2.24, 2.45) is 4.99 Å². The van der Waals surface area contributed by atoms with Crippen molar-refractivity contribution in [1.29, 1.82) is 0 Å². The molecule has 29 heavy (non-hydrogen) atoms. The Kier molecular flexibility index (Phi) is 8.06. The van der Waals surface area contributed by atoms with Gasteiger partial charge in [-0.05, 0) is 41.5 Å². The van der Waals surface area contributed by atoms with Crippen LogP contribution in [0.15, 0.2) is 72.0 Å². The van der Waals surface area contributed by atoms with Crippen LogP contribution in [0.25, 0.3) is 5.69 Å². The first kappa shape index (κ1) is 22.7. The monoisotopic (exact) mass is 515 g/mol. The smallest absolute Gasteiger partial charge is 0.352 e. The lowest BCUT2D eigenvalue weighted by molar-refractivity contribution is -0.137. The van der Waals surface area contributed by atoms with Gasteiger partial charge in [0.15, 0.2) is 5.96 Å². The molecule has 0 saturated carbocycles. The summed E-state index contributed by atoms with van der Waals surface area (Å²) in [6, 6.07) is 14.8. The van der Waals surface area contributed by atoms with Gasteiger partial charge in [0, 0.05) is 32.5 Å². The molecule has 0 bridgehead atoms. The van der Waals surface area contributed by atoms with Gasteiger partial charge in [0.05, 0.1) is 11.3 Å². The molecule has 0 aliphatic carbocycles. The Labute approximate surface area is 184 Å². The van der Waals surface area contributed by atoms with E-state index in [0.717, 1.165) is 28.9 Å². The van der Waals surface area contributed by atoms with E-state index in [2.05, 4.69) is 20.7 Å². The Bertz CT molecular complexity index is 922. The summed E-state index contributed by atoms with van der Waals surface area (Å²) in [6.07, 6.45) is -0.733. The summed E-state index contributed by atoms with van der Waals surface area (Å²) in [5, 5.41) is 10.5. The van der Waals surface area contributed by atoms with Gasteiger partial charge in [-0.2, -0.15) is 18.3 Å². The molecule has 1 aromatic heterocycles. The van der Waals surface area contributed by atoms with E-state index >= 15 is 0 Å². The molecular formula is C20H21F3IN5. The highest BCUT2D eigenvalue weighted by Crippen LogP contribution is 2.29. The van der Waals surface area contributed by atoms with Crippen molar-refractivity contribution in [2.75, 3.05) is 7.05 Å². The third kappa shape index (κ3) is 6.48. The lowest BCUT2D eigenvalue weighted by Gasteiger charge is -2.13. The lowest BCUT2D eigenvalue weighted by atomic mass is 10.1. The van der Waals surface area contributed by atoms with Crippen LogP contribution in [0.1, 0.15) is 16.7 Å². The molecule has 0 saturated heterocycles. The van der Waals surface area contributed by atoms with Gasteiger partial charge in [-0.15, -0.1) is 24.0 Å². The van der Waals surface area contributed by atoms with Crippen molar-refractivity contribution < 1.29 is 13.2 Å². The van der Waals surface area contributed by atoms with E-state index in [1.807, 2.05) is 36.5 Å². The lowest BCUT2D eigenvalue weighted by Crippen LogP contribution is -2.36. The predicted octanol–water partition coefficient (Wildman–Crippen LogP) is 4.37. The first-order chi connectivity index (χ1) is 13.5. The van der Waals surface area contributed by atoms with E-state index in [1.54, 1.807) is 17.9 Å². The summed E-state index contributed by atoms with van der Waals surface area (Å²) in [6.45, 7) is 0.910. The molecule has 2 N–H and O–H groups in total. The molecule has 0 spiro atoms. The van der Waals surface area contributed by atoms with Crippen LogP contribution < -0.4 is 10.6 Å². The number of benzene rings is 2. The van der Waals surface area contributed by atoms with Crippen LogP contribution in [-0.2, 0) is 19.3 Å². The molecule has 0 radical (unpaired) electrons. The number of hydrogen-bond acceptors (Lipinski definition) is 2. The fraction of sp³-hybridized carbons (Fsp3) is 0.200. The van der Waals surface area contributed by atoms with Crippen molar-refractivity contribution in [3.05, 3.63) is 83.7 Å². The molecular weight excluding hydrogens is 494 g/mol. The third-order valence-electron chi connectivity index (χ3n) is 4.10. The van der Waals surface area contributed by atoms with Crippen molar-refractivity contribution in [3.8, 4) is 5.69 Å². The molecule has 0 atom stereocenters. The summed E-state index contributed by atoms with van der Waals surface area (Å²) in [5.74, 6) is 0.560. The number of nitrogens with one attached hydrogen (secondary N) is 2. The van der Waals surface area contributed by atoms with Crippen molar-refractivity contribution in [1.82, 2.24) is 20.4 Å². The number of aliphatic imine (C=N–C) groups is 1. The SMILES string of the molecule is CN=C(NCc1ccc(C(F)(F)F)cc1)NCc1cccc(-n2cccn2)c1.I. The Morgan fingerprint density at radius 2 is 1.69 bits per heavy atom. The van der Waals surface area contributed by atoms with Crippen LogP contribution in [0.5, 0.6) is 0 Å². The zero-order chi connectivity index (χ0) is 20.0. The summed E-state index contributed by atoms with van der Waals surface area (Å²) in [4.78, 5) is 4.14. The van der Waals surface area contributed by atoms with E-state index in [0.29, 0.717) is 19.0 Å². The molecule has 3 aromatic rings. The van der Waals surface area contributed by atoms with Gasteiger partial charge in [0.1, 0.15) is 0 Å². The van der Waals surface area contributed by atoms with E-state index in [4.69, 9.17) is 0 Å². The topological polar surface area (TPSA) is 54.2 Å². The number of aromatic nitrogens is 2. The highest BCUT2D eigenvalue weighted by Gasteiger charge is 2.29. The van der Waals surface area contributed by atoms with Crippen molar-refractivity contribution >= 4 is 29.9 Å². The minimum Gasteiger partial charge on any atom is -0.352 e. The minimum absolute atomic E-state index is 0. The van der Waals surface area contributed by atoms with Crippen molar-refractivity contribution in [2.45, 2.75) is 19.3 Å². The van der Waals surface area contributed by atoms with E-state index < -0.39 is 11.7 Å². The van der Waals surface area contributed by atoms with Crippen LogP contribution >= 0.6 is 24.0 Å². The molecule has 0 aliphatic rings. The summed E-state index contributed by atoms with van der Waals surface area (Å²) >= 11 is 0. The molecule has 2 aromatic carbocycles. The second-order valence-corrected chi connectivity index (χ2v) is 6.09. The molecule has 5 nitrogen and oxygen atoms in total. The fourth-order valence-electron chi connectivity index (χ4n) is 2.63. The average Bonchev–Trinajstić information content (AvgIpc) is 3.23. The quantitative estimate of drug-likeness (QED) is 0.302. The maximum atomic E-state index is 12.6. The van der Waals surface area contributed by atoms with E-state index in [1.165, 1.54) is 12.1 Å². The van der Waals surface area contributed by atoms with Crippen LogP contribution in [0.2, 0.25) is 0 Å².